The van der Waals surface area contributed by atoms with E-state index in [1.54, 1.807) is 6.07 Å². The summed E-state index contributed by atoms with van der Waals surface area (Å²) >= 11 is 0. The minimum Gasteiger partial charge on any atom is -0.481 e. The molecule has 1 heterocycles. The summed E-state index contributed by atoms with van der Waals surface area (Å²) < 4.78 is 35.9. The van der Waals surface area contributed by atoms with Gasteiger partial charge in [0.25, 0.3) is 5.91 Å². The van der Waals surface area contributed by atoms with Gasteiger partial charge < -0.3 is 9.26 Å². The van der Waals surface area contributed by atoms with Crippen molar-refractivity contribution in [1.29, 1.82) is 0 Å². The first-order chi connectivity index (χ1) is 9.95. The van der Waals surface area contributed by atoms with Crippen molar-refractivity contribution in [2.75, 3.05) is 11.9 Å². The summed E-state index contributed by atoms with van der Waals surface area (Å²) in [5.74, 6) is -1.97. The SMILES string of the molecule is CC(C)c1cc(NC(=O)COc2ccc(F)cc2F)on1. The molecular formula is C14H14F2N2O3. The van der Waals surface area contributed by atoms with Gasteiger partial charge in [-0.05, 0) is 18.1 Å². The summed E-state index contributed by atoms with van der Waals surface area (Å²) in [6.45, 7) is 3.44. The molecule has 112 valence electrons. The zero-order chi connectivity index (χ0) is 15.4. The molecule has 0 atom stereocenters. The van der Waals surface area contributed by atoms with Crippen LogP contribution in [0.3, 0.4) is 0 Å². The molecule has 0 aliphatic heterocycles. The zero-order valence-electron chi connectivity index (χ0n) is 11.5. The summed E-state index contributed by atoms with van der Waals surface area (Å²) in [6, 6.07) is 4.44. The summed E-state index contributed by atoms with van der Waals surface area (Å²) in [4.78, 5) is 11.6. The second-order valence-corrected chi connectivity index (χ2v) is 4.68. The maximum Gasteiger partial charge on any atom is 0.264 e. The molecule has 7 heteroatoms. The highest BCUT2D eigenvalue weighted by Crippen LogP contribution is 2.19. The molecule has 1 amide bonds. The number of aromatic nitrogens is 1. The van der Waals surface area contributed by atoms with Crippen LogP contribution >= 0.6 is 0 Å². The van der Waals surface area contributed by atoms with E-state index in [-0.39, 0.29) is 17.6 Å². The average molecular weight is 296 g/mol. The molecule has 0 fully saturated rings. The summed E-state index contributed by atoms with van der Waals surface area (Å²) in [5.41, 5.74) is 0.704. The molecule has 0 aliphatic rings. The monoisotopic (exact) mass is 296 g/mol. The standard InChI is InChI=1S/C14H14F2N2O3/c1-8(2)11-6-14(21-18-11)17-13(19)7-20-12-4-3-9(15)5-10(12)16/h3-6,8H,7H2,1-2H3,(H,17,19). The lowest BCUT2D eigenvalue weighted by Crippen LogP contribution is -2.20. The molecule has 0 spiro atoms. The van der Waals surface area contributed by atoms with Crippen molar-refractivity contribution < 1.29 is 22.8 Å². The number of nitrogens with zero attached hydrogens (tertiary/aromatic N) is 1. The molecule has 0 saturated heterocycles. The second-order valence-electron chi connectivity index (χ2n) is 4.68. The molecule has 0 saturated carbocycles. The predicted molar refractivity (Wildman–Crippen MR) is 71.1 cm³/mol. The normalized spacial score (nSPS) is 10.7. The number of ether oxygens (including phenoxy) is 1. The number of amides is 1. The molecule has 0 radical (unpaired) electrons. The molecule has 5 nitrogen and oxygen atoms in total. The first kappa shape index (κ1) is 15.0. The molecule has 1 aromatic carbocycles. The Labute approximate surface area is 119 Å². The van der Waals surface area contributed by atoms with Crippen molar-refractivity contribution in [3.05, 3.63) is 41.6 Å². The Morgan fingerprint density at radius 3 is 2.76 bits per heavy atom. The molecule has 0 bridgehead atoms. The van der Waals surface area contributed by atoms with Gasteiger partial charge in [0, 0.05) is 12.1 Å². The van der Waals surface area contributed by atoms with Crippen molar-refractivity contribution in [1.82, 2.24) is 5.16 Å². The molecule has 0 unspecified atom stereocenters. The number of benzene rings is 1. The minimum atomic E-state index is -0.871. The highest BCUT2D eigenvalue weighted by Gasteiger charge is 2.12. The van der Waals surface area contributed by atoms with Crippen LogP contribution in [0.2, 0.25) is 0 Å². The lowest BCUT2D eigenvalue weighted by atomic mass is 10.1. The van der Waals surface area contributed by atoms with E-state index in [0.717, 1.165) is 12.1 Å². The van der Waals surface area contributed by atoms with E-state index in [4.69, 9.17) is 9.26 Å². The van der Waals surface area contributed by atoms with Crippen LogP contribution in [0.15, 0.2) is 28.8 Å². The van der Waals surface area contributed by atoms with Crippen LogP contribution in [-0.4, -0.2) is 17.7 Å². The quantitative estimate of drug-likeness (QED) is 0.921. The topological polar surface area (TPSA) is 64.4 Å². The average Bonchev–Trinajstić information content (AvgIpc) is 2.86. The number of halogens is 2. The Balaban J connectivity index is 1.89. The van der Waals surface area contributed by atoms with E-state index in [0.29, 0.717) is 11.8 Å². The summed E-state index contributed by atoms with van der Waals surface area (Å²) in [7, 11) is 0. The van der Waals surface area contributed by atoms with E-state index >= 15 is 0 Å². The van der Waals surface area contributed by atoms with Crippen molar-refractivity contribution in [2.45, 2.75) is 19.8 Å². The van der Waals surface area contributed by atoms with Gasteiger partial charge in [-0.1, -0.05) is 19.0 Å². The summed E-state index contributed by atoms with van der Waals surface area (Å²) in [6.07, 6.45) is 0. The number of rotatable bonds is 5. The maximum absolute atomic E-state index is 13.3. The van der Waals surface area contributed by atoms with Crippen molar-refractivity contribution in [3.63, 3.8) is 0 Å². The molecule has 2 rings (SSSR count). The van der Waals surface area contributed by atoms with E-state index < -0.39 is 24.1 Å². The third-order valence-electron chi connectivity index (χ3n) is 2.64. The Kier molecular flexibility index (Phi) is 4.52. The van der Waals surface area contributed by atoms with Gasteiger partial charge in [0.2, 0.25) is 5.88 Å². The van der Waals surface area contributed by atoms with Gasteiger partial charge in [0.15, 0.2) is 18.2 Å². The Morgan fingerprint density at radius 1 is 1.38 bits per heavy atom. The van der Waals surface area contributed by atoms with Gasteiger partial charge in [-0.3, -0.25) is 10.1 Å². The number of hydrogen-bond donors (Lipinski definition) is 1. The van der Waals surface area contributed by atoms with Gasteiger partial charge >= 0.3 is 0 Å². The zero-order valence-corrected chi connectivity index (χ0v) is 11.5. The molecule has 1 aromatic heterocycles. The van der Waals surface area contributed by atoms with Gasteiger partial charge in [0.1, 0.15) is 5.82 Å². The van der Waals surface area contributed by atoms with Gasteiger partial charge in [0.05, 0.1) is 5.69 Å². The molecule has 2 aromatic rings. The molecule has 21 heavy (non-hydrogen) atoms. The number of nitrogens with one attached hydrogen (secondary N) is 1. The predicted octanol–water partition coefficient (Wildman–Crippen LogP) is 3.09. The Hall–Kier alpha value is -2.44. The number of carbonyl (C=O) groups excluding carboxylic acids is 1. The van der Waals surface area contributed by atoms with E-state index in [1.165, 1.54) is 0 Å². The van der Waals surface area contributed by atoms with Gasteiger partial charge in [-0.25, -0.2) is 8.78 Å². The fourth-order valence-electron chi connectivity index (χ4n) is 1.53. The molecule has 1 N–H and O–H groups in total. The number of hydrogen-bond acceptors (Lipinski definition) is 4. The van der Waals surface area contributed by atoms with Crippen LogP contribution < -0.4 is 10.1 Å². The Morgan fingerprint density at radius 2 is 2.14 bits per heavy atom. The minimum absolute atomic E-state index is 0.170. The van der Waals surface area contributed by atoms with Crippen molar-refractivity contribution in [3.8, 4) is 5.75 Å². The van der Waals surface area contributed by atoms with Crippen LogP contribution in [0.25, 0.3) is 0 Å². The van der Waals surface area contributed by atoms with E-state index in [1.807, 2.05) is 13.8 Å². The second kappa shape index (κ2) is 6.34. The highest BCUT2D eigenvalue weighted by atomic mass is 19.1. The Bertz CT molecular complexity index is 641. The fourth-order valence-corrected chi connectivity index (χ4v) is 1.53. The van der Waals surface area contributed by atoms with Gasteiger partial charge in [-0.2, -0.15) is 0 Å². The first-order valence-electron chi connectivity index (χ1n) is 6.30. The van der Waals surface area contributed by atoms with Gasteiger partial charge in [-0.15, -0.1) is 0 Å². The van der Waals surface area contributed by atoms with Crippen LogP contribution in [0, 0.1) is 11.6 Å². The van der Waals surface area contributed by atoms with Crippen LogP contribution in [0.5, 0.6) is 5.75 Å². The molecule has 0 aliphatic carbocycles. The fraction of sp³-hybridized carbons (Fsp3) is 0.286. The van der Waals surface area contributed by atoms with Crippen molar-refractivity contribution >= 4 is 11.8 Å². The van der Waals surface area contributed by atoms with Crippen molar-refractivity contribution in [2.24, 2.45) is 0 Å². The maximum atomic E-state index is 13.3. The van der Waals surface area contributed by atoms with Crippen LogP contribution in [0.4, 0.5) is 14.7 Å². The van der Waals surface area contributed by atoms with Crippen LogP contribution in [0.1, 0.15) is 25.5 Å². The lowest BCUT2D eigenvalue weighted by molar-refractivity contribution is -0.118. The number of carbonyl (C=O) groups is 1. The van der Waals surface area contributed by atoms with E-state index in [9.17, 15) is 13.6 Å². The van der Waals surface area contributed by atoms with E-state index in [2.05, 4.69) is 10.5 Å². The third kappa shape index (κ3) is 4.01. The highest BCUT2D eigenvalue weighted by molar-refractivity contribution is 5.90. The smallest absolute Gasteiger partial charge is 0.264 e. The number of anilines is 1. The summed E-state index contributed by atoms with van der Waals surface area (Å²) in [5, 5.41) is 6.21. The largest absolute Gasteiger partial charge is 0.481 e. The molecular weight excluding hydrogens is 282 g/mol. The third-order valence-corrected chi connectivity index (χ3v) is 2.64. The first-order valence-corrected chi connectivity index (χ1v) is 6.30. The van der Waals surface area contributed by atoms with Crippen LogP contribution in [-0.2, 0) is 4.79 Å². The lowest BCUT2D eigenvalue weighted by Gasteiger charge is -2.06.